The van der Waals surface area contributed by atoms with Crippen molar-refractivity contribution < 1.29 is 14.6 Å². The van der Waals surface area contributed by atoms with Gasteiger partial charge in [0.05, 0.1) is 13.7 Å². The normalized spacial score (nSPS) is 10.4. The van der Waals surface area contributed by atoms with Gasteiger partial charge in [0.1, 0.15) is 6.61 Å². The lowest BCUT2D eigenvalue weighted by atomic mass is 10.1. The number of aryl methyl sites for hydroxylation is 1. The number of methoxy groups -OCH3 is 1. The van der Waals surface area contributed by atoms with Gasteiger partial charge in [0.2, 0.25) is 0 Å². The number of aliphatic hydroxyl groups excluding tert-OH is 1. The molecule has 0 fully saturated rings. The summed E-state index contributed by atoms with van der Waals surface area (Å²) >= 11 is 3.42. The summed E-state index contributed by atoms with van der Waals surface area (Å²) in [4.78, 5) is 0. The minimum absolute atomic E-state index is 0.0466. The van der Waals surface area contributed by atoms with Crippen LogP contribution < -0.4 is 9.47 Å². The third-order valence-electron chi connectivity index (χ3n) is 3.15. The monoisotopic (exact) mass is 336 g/mol. The van der Waals surface area contributed by atoms with Crippen molar-refractivity contribution >= 4 is 15.9 Å². The van der Waals surface area contributed by atoms with Gasteiger partial charge < -0.3 is 14.6 Å². The van der Waals surface area contributed by atoms with Crippen LogP contribution in [0.1, 0.15) is 16.7 Å². The number of hydrogen-bond acceptors (Lipinski definition) is 3. The van der Waals surface area contributed by atoms with E-state index in [0.29, 0.717) is 18.1 Å². The van der Waals surface area contributed by atoms with Gasteiger partial charge >= 0.3 is 0 Å². The third kappa shape index (κ3) is 3.32. The summed E-state index contributed by atoms with van der Waals surface area (Å²) in [6.45, 7) is 2.49. The van der Waals surface area contributed by atoms with Crippen molar-refractivity contribution in [2.45, 2.75) is 20.1 Å². The molecule has 3 nitrogen and oxygen atoms in total. The molecular weight excluding hydrogens is 320 g/mol. The molecule has 0 aliphatic rings. The Hall–Kier alpha value is -1.52. The highest BCUT2D eigenvalue weighted by molar-refractivity contribution is 9.10. The van der Waals surface area contributed by atoms with E-state index in [4.69, 9.17) is 9.47 Å². The van der Waals surface area contributed by atoms with Crippen LogP contribution in [0.5, 0.6) is 11.5 Å². The quantitative estimate of drug-likeness (QED) is 0.901. The Morgan fingerprint density at radius 3 is 2.50 bits per heavy atom. The largest absolute Gasteiger partial charge is 0.493 e. The third-order valence-corrected chi connectivity index (χ3v) is 3.89. The zero-order valence-corrected chi connectivity index (χ0v) is 13.1. The van der Waals surface area contributed by atoms with Crippen LogP contribution in [0.3, 0.4) is 0 Å². The van der Waals surface area contributed by atoms with Gasteiger partial charge in [0.25, 0.3) is 0 Å². The number of ether oxygens (including phenoxy) is 2. The van der Waals surface area contributed by atoms with Gasteiger partial charge in [-0.15, -0.1) is 0 Å². The molecule has 0 saturated heterocycles. The second-order valence-corrected chi connectivity index (χ2v) is 5.32. The van der Waals surface area contributed by atoms with Crippen LogP contribution in [0, 0.1) is 6.92 Å². The Morgan fingerprint density at radius 2 is 1.85 bits per heavy atom. The average Bonchev–Trinajstić information content (AvgIpc) is 2.46. The van der Waals surface area contributed by atoms with E-state index in [2.05, 4.69) is 28.9 Å². The fraction of sp³-hybridized carbons (Fsp3) is 0.250. The van der Waals surface area contributed by atoms with Crippen LogP contribution in [0.4, 0.5) is 0 Å². The number of halogens is 1. The molecule has 0 radical (unpaired) electrons. The predicted molar refractivity (Wildman–Crippen MR) is 82.1 cm³/mol. The highest BCUT2D eigenvalue weighted by Crippen LogP contribution is 2.34. The standard InChI is InChI=1S/C16H17BrO3/c1-11-5-3-4-6-12(11)10-20-16-8-14(17)13(9-18)7-15(16)19-2/h3-8,18H,9-10H2,1-2H3. The first-order chi connectivity index (χ1) is 9.65. The first kappa shape index (κ1) is 14.9. The lowest BCUT2D eigenvalue weighted by Gasteiger charge is -2.14. The van der Waals surface area contributed by atoms with Gasteiger partial charge in [0, 0.05) is 4.47 Å². The zero-order chi connectivity index (χ0) is 14.5. The average molecular weight is 337 g/mol. The van der Waals surface area contributed by atoms with Gasteiger partial charge in [-0.25, -0.2) is 0 Å². The van der Waals surface area contributed by atoms with E-state index < -0.39 is 0 Å². The lowest BCUT2D eigenvalue weighted by molar-refractivity contribution is 0.273. The summed E-state index contributed by atoms with van der Waals surface area (Å²) in [5.41, 5.74) is 3.10. The molecule has 4 heteroatoms. The van der Waals surface area contributed by atoms with Crippen molar-refractivity contribution in [2.24, 2.45) is 0 Å². The van der Waals surface area contributed by atoms with E-state index in [-0.39, 0.29) is 6.61 Å². The summed E-state index contributed by atoms with van der Waals surface area (Å²) < 4.78 is 11.9. The minimum Gasteiger partial charge on any atom is -0.493 e. The van der Waals surface area contributed by atoms with Crippen LogP contribution in [0.2, 0.25) is 0 Å². The molecule has 0 aliphatic heterocycles. The van der Waals surface area contributed by atoms with Gasteiger partial charge in [-0.2, -0.15) is 0 Å². The van der Waals surface area contributed by atoms with Gasteiger partial charge in [-0.3, -0.25) is 0 Å². The van der Waals surface area contributed by atoms with Gasteiger partial charge in [-0.05, 0) is 35.7 Å². The maximum atomic E-state index is 9.25. The molecule has 1 N–H and O–H groups in total. The SMILES string of the molecule is COc1cc(CO)c(Br)cc1OCc1ccccc1C. The zero-order valence-electron chi connectivity index (χ0n) is 11.5. The van der Waals surface area contributed by atoms with E-state index in [1.54, 1.807) is 13.2 Å². The maximum Gasteiger partial charge on any atom is 0.162 e. The fourth-order valence-electron chi connectivity index (χ4n) is 1.90. The maximum absolute atomic E-state index is 9.25. The molecule has 0 amide bonds. The van der Waals surface area contributed by atoms with Crippen LogP contribution in [-0.4, -0.2) is 12.2 Å². The van der Waals surface area contributed by atoms with E-state index in [0.717, 1.165) is 15.6 Å². The van der Waals surface area contributed by atoms with Crippen molar-refractivity contribution in [3.8, 4) is 11.5 Å². The summed E-state index contributed by atoms with van der Waals surface area (Å²) in [5, 5.41) is 9.25. The molecule has 0 spiro atoms. The lowest BCUT2D eigenvalue weighted by Crippen LogP contribution is -2.00. The molecule has 0 aliphatic carbocycles. The summed E-state index contributed by atoms with van der Waals surface area (Å²) in [7, 11) is 1.59. The first-order valence-electron chi connectivity index (χ1n) is 6.30. The fourth-order valence-corrected chi connectivity index (χ4v) is 2.35. The smallest absolute Gasteiger partial charge is 0.162 e. The summed E-state index contributed by atoms with van der Waals surface area (Å²) in [6, 6.07) is 11.7. The van der Waals surface area contributed by atoms with E-state index in [9.17, 15) is 5.11 Å². The molecule has 0 heterocycles. The van der Waals surface area contributed by atoms with Crippen molar-refractivity contribution in [1.82, 2.24) is 0 Å². The number of benzene rings is 2. The Labute approximate surface area is 127 Å². The highest BCUT2D eigenvalue weighted by atomic mass is 79.9. The van der Waals surface area contributed by atoms with Gasteiger partial charge in [-0.1, -0.05) is 40.2 Å². The van der Waals surface area contributed by atoms with E-state index in [1.165, 1.54) is 5.56 Å². The van der Waals surface area contributed by atoms with Gasteiger partial charge in [0.15, 0.2) is 11.5 Å². The molecule has 2 aromatic carbocycles. The number of aliphatic hydroxyl groups is 1. The highest BCUT2D eigenvalue weighted by Gasteiger charge is 2.10. The van der Waals surface area contributed by atoms with E-state index in [1.807, 2.05) is 24.3 Å². The molecule has 0 atom stereocenters. The Morgan fingerprint density at radius 1 is 1.10 bits per heavy atom. The molecule has 0 bridgehead atoms. The Balaban J connectivity index is 2.21. The molecular formula is C16H17BrO3. The second-order valence-electron chi connectivity index (χ2n) is 4.47. The van der Waals surface area contributed by atoms with Crippen molar-refractivity contribution in [1.29, 1.82) is 0 Å². The molecule has 2 aromatic rings. The molecule has 0 saturated carbocycles. The molecule has 0 aromatic heterocycles. The van der Waals surface area contributed by atoms with Crippen molar-refractivity contribution in [2.75, 3.05) is 7.11 Å². The van der Waals surface area contributed by atoms with E-state index >= 15 is 0 Å². The number of hydrogen-bond donors (Lipinski definition) is 1. The summed E-state index contributed by atoms with van der Waals surface area (Å²) in [6.07, 6.45) is 0. The Kier molecular flexibility index (Phi) is 5.04. The second kappa shape index (κ2) is 6.77. The molecule has 2 rings (SSSR count). The first-order valence-corrected chi connectivity index (χ1v) is 7.09. The topological polar surface area (TPSA) is 38.7 Å². The van der Waals surface area contributed by atoms with Crippen LogP contribution in [0.15, 0.2) is 40.9 Å². The molecule has 0 unspecified atom stereocenters. The molecule has 106 valence electrons. The predicted octanol–water partition coefficient (Wildman–Crippen LogP) is 3.84. The minimum atomic E-state index is -0.0466. The van der Waals surface area contributed by atoms with Crippen LogP contribution in [0.25, 0.3) is 0 Å². The van der Waals surface area contributed by atoms with Crippen LogP contribution >= 0.6 is 15.9 Å². The number of rotatable bonds is 5. The molecule has 20 heavy (non-hydrogen) atoms. The van der Waals surface area contributed by atoms with Crippen LogP contribution in [-0.2, 0) is 13.2 Å². The van der Waals surface area contributed by atoms with Crippen molar-refractivity contribution in [3.63, 3.8) is 0 Å². The van der Waals surface area contributed by atoms with Crippen molar-refractivity contribution in [3.05, 3.63) is 57.6 Å². The Bertz CT molecular complexity index is 596. The summed E-state index contributed by atoms with van der Waals surface area (Å²) in [5.74, 6) is 1.27.